The minimum absolute atomic E-state index is 0.00000941. The van der Waals surface area contributed by atoms with Gasteiger partial charge in [-0.2, -0.15) is 13.2 Å². The van der Waals surface area contributed by atoms with Gasteiger partial charge in [0.15, 0.2) is 9.84 Å². The fourth-order valence-corrected chi connectivity index (χ4v) is 7.68. The Kier molecular flexibility index (Phi) is 6.44. The predicted molar refractivity (Wildman–Crippen MR) is 141 cm³/mol. The summed E-state index contributed by atoms with van der Waals surface area (Å²) in [6.45, 7) is 5.09. The summed E-state index contributed by atoms with van der Waals surface area (Å²) in [5.74, 6) is -2.85. The number of fused-ring (bicyclic) bond motifs is 1. The van der Waals surface area contributed by atoms with Crippen LogP contribution in [0.4, 0.5) is 28.9 Å². The SMILES string of the molecule is Cc1cccc(C(=O)N2c3cccc(O)c3NC3=C(C2c2ccc(C(F)(F)F)cc2F)S(=O)(=O)CC(C)(C)C3)n1. The van der Waals surface area contributed by atoms with Gasteiger partial charge < -0.3 is 10.4 Å². The van der Waals surface area contributed by atoms with Gasteiger partial charge >= 0.3 is 6.18 Å². The van der Waals surface area contributed by atoms with Crippen molar-refractivity contribution in [2.24, 2.45) is 5.41 Å². The monoisotopic (exact) mass is 575 g/mol. The van der Waals surface area contributed by atoms with E-state index in [1.807, 2.05) is 0 Å². The molecule has 0 saturated heterocycles. The van der Waals surface area contributed by atoms with Crippen LogP contribution in [0, 0.1) is 18.2 Å². The molecule has 1 aromatic heterocycles. The number of hydrogen-bond donors (Lipinski definition) is 2. The van der Waals surface area contributed by atoms with Gasteiger partial charge in [0.2, 0.25) is 0 Å². The number of alkyl halides is 3. The van der Waals surface area contributed by atoms with Crippen molar-refractivity contribution in [2.75, 3.05) is 16.0 Å². The van der Waals surface area contributed by atoms with Crippen LogP contribution in [-0.2, 0) is 16.0 Å². The number of aromatic hydroxyl groups is 1. The molecule has 0 spiro atoms. The van der Waals surface area contributed by atoms with Crippen LogP contribution in [0.2, 0.25) is 0 Å². The quantitative estimate of drug-likeness (QED) is 0.282. The number of phenols is 1. The summed E-state index contributed by atoms with van der Waals surface area (Å²) in [6.07, 6.45) is -4.71. The summed E-state index contributed by atoms with van der Waals surface area (Å²) in [4.78, 5) is 19.0. The zero-order valence-corrected chi connectivity index (χ0v) is 22.5. The molecule has 3 aromatic rings. The molecule has 210 valence electrons. The highest BCUT2D eigenvalue weighted by molar-refractivity contribution is 7.95. The maximum absolute atomic E-state index is 15.7. The minimum atomic E-state index is -4.85. The lowest BCUT2D eigenvalue weighted by Crippen LogP contribution is -2.41. The van der Waals surface area contributed by atoms with Crippen molar-refractivity contribution in [3.63, 3.8) is 0 Å². The number of phenolic OH excluding ortho intramolecular Hbond substituents is 1. The van der Waals surface area contributed by atoms with E-state index in [9.17, 15) is 31.5 Å². The molecule has 2 N–H and O–H groups in total. The third kappa shape index (κ3) is 4.80. The summed E-state index contributed by atoms with van der Waals surface area (Å²) >= 11 is 0. The van der Waals surface area contributed by atoms with E-state index in [-0.39, 0.29) is 51.7 Å². The van der Waals surface area contributed by atoms with E-state index in [0.29, 0.717) is 11.8 Å². The van der Waals surface area contributed by atoms with Crippen molar-refractivity contribution < 1.29 is 35.9 Å². The largest absolute Gasteiger partial charge is 0.506 e. The molecule has 1 atom stereocenters. The highest BCUT2D eigenvalue weighted by atomic mass is 32.2. The molecule has 5 rings (SSSR count). The van der Waals surface area contributed by atoms with Crippen LogP contribution in [0.25, 0.3) is 0 Å². The molecule has 1 amide bonds. The van der Waals surface area contributed by atoms with E-state index < -0.39 is 50.3 Å². The molecule has 2 aliphatic heterocycles. The number of sulfone groups is 1. The Morgan fingerprint density at radius 2 is 1.82 bits per heavy atom. The number of hydrogen-bond acceptors (Lipinski definition) is 6. The van der Waals surface area contributed by atoms with Crippen LogP contribution >= 0.6 is 0 Å². The molecule has 0 bridgehead atoms. The number of carbonyl (C=O) groups excluding carboxylic acids is 1. The van der Waals surface area contributed by atoms with Crippen LogP contribution in [0.15, 0.2) is 65.2 Å². The van der Waals surface area contributed by atoms with Gasteiger partial charge in [0, 0.05) is 17.0 Å². The molecule has 12 heteroatoms. The summed E-state index contributed by atoms with van der Waals surface area (Å²) in [5, 5.41) is 13.8. The molecule has 2 aromatic carbocycles. The van der Waals surface area contributed by atoms with Gasteiger partial charge in [0.05, 0.1) is 21.9 Å². The van der Waals surface area contributed by atoms with E-state index in [1.54, 1.807) is 32.9 Å². The molecule has 0 radical (unpaired) electrons. The van der Waals surface area contributed by atoms with E-state index in [2.05, 4.69) is 10.3 Å². The first-order valence-corrected chi connectivity index (χ1v) is 13.9. The lowest BCUT2D eigenvalue weighted by molar-refractivity contribution is -0.137. The standard InChI is InChI=1S/C28H25F4N3O4S/c1-15-6-4-7-19(33-15)26(37)35-21-8-5-9-22(36)23(21)34-20-13-27(2,3)14-40(38,39)25(20)24(35)17-11-10-16(12-18(17)29)28(30,31)32/h4-12,24,34,36H,13-14H2,1-3H3. The highest BCUT2D eigenvalue weighted by Gasteiger charge is 2.48. The Balaban J connectivity index is 1.88. The highest BCUT2D eigenvalue weighted by Crippen LogP contribution is 2.52. The van der Waals surface area contributed by atoms with Crippen LogP contribution < -0.4 is 10.2 Å². The Bertz CT molecular complexity index is 1680. The molecule has 2 aliphatic rings. The number of anilines is 2. The number of allylic oxidation sites excluding steroid dienone is 1. The fraction of sp³-hybridized carbons (Fsp3) is 0.286. The van der Waals surface area contributed by atoms with Crippen LogP contribution in [0.5, 0.6) is 5.75 Å². The van der Waals surface area contributed by atoms with E-state index in [0.717, 1.165) is 11.0 Å². The van der Waals surface area contributed by atoms with Crippen molar-refractivity contribution in [3.05, 3.63) is 93.5 Å². The second-order valence-electron chi connectivity index (χ2n) is 10.7. The Labute approximate surface area is 228 Å². The van der Waals surface area contributed by atoms with Gasteiger partial charge in [0.25, 0.3) is 5.91 Å². The lowest BCUT2D eigenvalue weighted by atomic mass is 9.88. The number of nitrogens with zero attached hydrogens (tertiary/aromatic N) is 2. The van der Waals surface area contributed by atoms with Gasteiger partial charge in [-0.3, -0.25) is 9.69 Å². The summed E-state index contributed by atoms with van der Waals surface area (Å²) < 4.78 is 83.7. The first-order valence-electron chi connectivity index (χ1n) is 12.3. The molecule has 7 nitrogen and oxygen atoms in total. The number of carbonyl (C=O) groups is 1. The summed E-state index contributed by atoms with van der Waals surface area (Å²) in [6, 6.07) is 8.85. The second-order valence-corrected chi connectivity index (χ2v) is 12.7. The number of aryl methyl sites for hydroxylation is 1. The van der Waals surface area contributed by atoms with Crippen LogP contribution in [0.3, 0.4) is 0 Å². The molecular weight excluding hydrogens is 550 g/mol. The number of para-hydroxylation sites is 1. The van der Waals surface area contributed by atoms with Gasteiger partial charge in [-0.15, -0.1) is 0 Å². The third-order valence-electron chi connectivity index (χ3n) is 6.88. The number of aromatic nitrogens is 1. The zero-order chi connectivity index (χ0) is 29.2. The number of benzene rings is 2. The van der Waals surface area contributed by atoms with Crippen molar-refractivity contribution in [1.29, 1.82) is 0 Å². The molecule has 40 heavy (non-hydrogen) atoms. The van der Waals surface area contributed by atoms with Gasteiger partial charge in [-0.05, 0) is 55.2 Å². The van der Waals surface area contributed by atoms with Gasteiger partial charge in [-0.25, -0.2) is 17.8 Å². The number of rotatable bonds is 2. The van der Waals surface area contributed by atoms with E-state index in [4.69, 9.17) is 0 Å². The average Bonchev–Trinajstić information content (AvgIpc) is 2.97. The minimum Gasteiger partial charge on any atom is -0.506 e. The van der Waals surface area contributed by atoms with E-state index >= 15 is 4.39 Å². The van der Waals surface area contributed by atoms with Crippen molar-refractivity contribution in [1.82, 2.24) is 4.98 Å². The zero-order valence-electron chi connectivity index (χ0n) is 21.7. The molecule has 3 heterocycles. The fourth-order valence-electron chi connectivity index (χ4n) is 5.32. The number of halogens is 4. The molecular formula is C28H25F4N3O4S. The van der Waals surface area contributed by atoms with E-state index in [1.165, 1.54) is 24.3 Å². The normalized spacial score (nSPS) is 19.8. The van der Waals surface area contributed by atoms with Crippen LogP contribution in [-0.4, -0.2) is 30.2 Å². The Morgan fingerprint density at radius 1 is 1.12 bits per heavy atom. The third-order valence-corrected chi connectivity index (χ3v) is 9.18. The average molecular weight is 576 g/mol. The smallest absolute Gasteiger partial charge is 0.416 e. The lowest BCUT2D eigenvalue weighted by Gasteiger charge is -2.37. The maximum Gasteiger partial charge on any atom is 0.416 e. The first kappa shape index (κ1) is 27.6. The molecule has 0 saturated carbocycles. The number of amides is 1. The number of pyridine rings is 1. The van der Waals surface area contributed by atoms with Crippen molar-refractivity contribution in [3.8, 4) is 5.75 Å². The maximum atomic E-state index is 15.7. The Morgan fingerprint density at radius 3 is 2.48 bits per heavy atom. The molecule has 0 fully saturated rings. The molecule has 0 aliphatic carbocycles. The summed E-state index contributed by atoms with van der Waals surface area (Å²) in [7, 11) is -4.22. The van der Waals surface area contributed by atoms with Gasteiger partial charge in [0.1, 0.15) is 29.0 Å². The second kappa shape index (κ2) is 9.33. The Hall–Kier alpha value is -3.93. The van der Waals surface area contributed by atoms with Crippen molar-refractivity contribution in [2.45, 2.75) is 39.4 Å². The number of nitrogens with one attached hydrogen (secondary N) is 1. The predicted octanol–water partition coefficient (Wildman–Crippen LogP) is 6.12. The topological polar surface area (TPSA) is 99.6 Å². The molecule has 1 unspecified atom stereocenters. The van der Waals surface area contributed by atoms with Gasteiger partial charge in [-0.1, -0.05) is 32.0 Å². The first-order chi connectivity index (χ1) is 18.6. The van der Waals surface area contributed by atoms with Crippen molar-refractivity contribution >= 4 is 27.1 Å². The summed E-state index contributed by atoms with van der Waals surface area (Å²) in [5.41, 5.74) is -2.03. The van der Waals surface area contributed by atoms with Crippen LogP contribution in [0.1, 0.15) is 53.6 Å².